The Hall–Kier alpha value is -2.16. The molecule has 0 aliphatic heterocycles. The Morgan fingerprint density at radius 3 is 2.52 bits per heavy atom. The molecule has 1 aromatic carbocycles. The van der Waals surface area contributed by atoms with Gasteiger partial charge in [-0.1, -0.05) is 56.7 Å². The van der Waals surface area contributed by atoms with Gasteiger partial charge in [-0.15, -0.1) is 10.2 Å². The Bertz CT molecular complexity index is 633. The van der Waals surface area contributed by atoms with Crippen molar-refractivity contribution < 1.29 is 4.42 Å². The lowest BCUT2D eigenvalue weighted by atomic mass is 10.1. The molecule has 0 bridgehead atoms. The third-order valence-electron chi connectivity index (χ3n) is 3.06. The lowest BCUT2D eigenvalue weighted by Gasteiger charge is -1.98. The molecule has 0 aliphatic carbocycles. The number of allylic oxidation sites excluding steroid dienone is 4. The van der Waals surface area contributed by atoms with Crippen LogP contribution >= 0.6 is 0 Å². The molecule has 0 saturated heterocycles. The molecule has 0 fully saturated rings. The highest BCUT2D eigenvalue weighted by Crippen LogP contribution is 2.23. The number of benzene rings is 1. The lowest BCUT2D eigenvalue weighted by Crippen LogP contribution is -1.84. The molecule has 21 heavy (non-hydrogen) atoms. The van der Waals surface area contributed by atoms with Crippen LogP contribution in [0.4, 0.5) is 0 Å². The van der Waals surface area contributed by atoms with Gasteiger partial charge < -0.3 is 4.42 Å². The first-order valence-electron chi connectivity index (χ1n) is 7.39. The summed E-state index contributed by atoms with van der Waals surface area (Å²) in [4.78, 5) is 0. The van der Waals surface area contributed by atoms with E-state index in [1.807, 2.05) is 24.3 Å². The molecule has 3 nitrogen and oxygen atoms in total. The zero-order valence-electron chi connectivity index (χ0n) is 13.1. The highest BCUT2D eigenvalue weighted by atomic mass is 16.4. The van der Waals surface area contributed by atoms with E-state index in [9.17, 15) is 0 Å². The minimum atomic E-state index is 0.491. The average molecular weight is 282 g/mol. The molecular formula is C18H22N2O. The fourth-order valence-corrected chi connectivity index (χ4v) is 1.90. The van der Waals surface area contributed by atoms with Gasteiger partial charge in [0.25, 0.3) is 0 Å². The Morgan fingerprint density at radius 1 is 1.19 bits per heavy atom. The molecule has 0 radical (unpaired) electrons. The van der Waals surface area contributed by atoms with Crippen LogP contribution < -0.4 is 0 Å². The summed E-state index contributed by atoms with van der Waals surface area (Å²) in [5.74, 6) is 1.62. The van der Waals surface area contributed by atoms with Crippen LogP contribution in [0, 0.1) is 12.8 Å². The van der Waals surface area contributed by atoms with E-state index in [0.29, 0.717) is 17.7 Å². The van der Waals surface area contributed by atoms with Gasteiger partial charge in [0.1, 0.15) is 0 Å². The fraction of sp³-hybridized carbons (Fsp3) is 0.333. The molecule has 0 atom stereocenters. The monoisotopic (exact) mass is 282 g/mol. The minimum Gasteiger partial charge on any atom is -0.416 e. The van der Waals surface area contributed by atoms with Gasteiger partial charge in [0.15, 0.2) is 0 Å². The van der Waals surface area contributed by atoms with E-state index in [0.717, 1.165) is 17.6 Å². The topological polar surface area (TPSA) is 38.9 Å². The number of hydrogen-bond acceptors (Lipinski definition) is 3. The van der Waals surface area contributed by atoms with E-state index in [4.69, 9.17) is 4.42 Å². The second kappa shape index (κ2) is 7.02. The third kappa shape index (κ3) is 4.15. The van der Waals surface area contributed by atoms with Crippen molar-refractivity contribution in [1.29, 1.82) is 0 Å². The van der Waals surface area contributed by atoms with E-state index >= 15 is 0 Å². The van der Waals surface area contributed by atoms with E-state index in [2.05, 4.69) is 56.1 Å². The minimum absolute atomic E-state index is 0.491. The van der Waals surface area contributed by atoms with Crippen LogP contribution in [0.3, 0.4) is 0 Å². The first-order valence-corrected chi connectivity index (χ1v) is 7.39. The quantitative estimate of drug-likeness (QED) is 0.720. The number of hydrogen-bond donors (Lipinski definition) is 0. The summed E-state index contributed by atoms with van der Waals surface area (Å²) in [7, 11) is 0. The Kier molecular flexibility index (Phi) is 5.09. The Balaban J connectivity index is 2.28. The van der Waals surface area contributed by atoms with Crippen LogP contribution in [0.15, 0.2) is 46.9 Å². The van der Waals surface area contributed by atoms with Gasteiger partial charge in [-0.3, -0.25) is 0 Å². The summed E-state index contributed by atoms with van der Waals surface area (Å²) in [6.07, 6.45) is 7.23. The number of aryl methyl sites for hydroxylation is 1. The summed E-state index contributed by atoms with van der Waals surface area (Å²) in [5.41, 5.74) is 3.14. The molecule has 0 amide bonds. The number of aromatic nitrogens is 2. The summed E-state index contributed by atoms with van der Waals surface area (Å²) >= 11 is 0. The molecule has 2 rings (SSSR count). The van der Waals surface area contributed by atoms with Crippen molar-refractivity contribution in [2.75, 3.05) is 0 Å². The van der Waals surface area contributed by atoms with Gasteiger partial charge in [-0.05, 0) is 31.4 Å². The zero-order valence-corrected chi connectivity index (χ0v) is 13.1. The molecule has 2 aromatic rings. The molecule has 0 N–H and O–H groups in total. The zero-order chi connectivity index (χ0) is 15.2. The molecule has 1 aromatic heterocycles. The largest absolute Gasteiger partial charge is 0.416 e. The van der Waals surface area contributed by atoms with Crippen molar-refractivity contribution in [2.24, 2.45) is 5.92 Å². The van der Waals surface area contributed by atoms with Crippen LogP contribution in [0.2, 0.25) is 0 Å². The molecule has 1 heterocycles. The second-order valence-corrected chi connectivity index (χ2v) is 5.45. The molecular weight excluding hydrogens is 260 g/mol. The van der Waals surface area contributed by atoms with Crippen LogP contribution in [0.5, 0.6) is 0 Å². The van der Waals surface area contributed by atoms with Crippen LogP contribution in [0.25, 0.3) is 17.0 Å². The maximum Gasteiger partial charge on any atom is 0.248 e. The van der Waals surface area contributed by atoms with Gasteiger partial charge in [0.05, 0.1) is 0 Å². The van der Waals surface area contributed by atoms with Gasteiger partial charge in [-0.2, -0.15) is 0 Å². The van der Waals surface area contributed by atoms with Crippen LogP contribution in [0.1, 0.15) is 38.6 Å². The predicted molar refractivity (Wildman–Crippen MR) is 86.7 cm³/mol. The Labute approximate surface area is 126 Å². The van der Waals surface area contributed by atoms with Crippen LogP contribution in [-0.4, -0.2) is 10.2 Å². The van der Waals surface area contributed by atoms with Crippen molar-refractivity contribution in [1.82, 2.24) is 10.2 Å². The standard InChI is InChI=1S/C18H22N2O/c1-5-6-15(10-7-13(2)3)17-19-20-18(21-17)16-11-8-14(4)9-12-16/h6-13H,5H2,1-4H3/b10-7-,15-6+. The lowest BCUT2D eigenvalue weighted by molar-refractivity contribution is 0.554. The molecule has 0 unspecified atom stereocenters. The van der Waals surface area contributed by atoms with Gasteiger partial charge in [0, 0.05) is 11.1 Å². The molecule has 3 heteroatoms. The maximum atomic E-state index is 5.81. The molecule has 0 saturated carbocycles. The van der Waals surface area contributed by atoms with Crippen molar-refractivity contribution in [3.05, 3.63) is 53.9 Å². The van der Waals surface area contributed by atoms with Crippen molar-refractivity contribution in [3.8, 4) is 11.5 Å². The third-order valence-corrected chi connectivity index (χ3v) is 3.06. The van der Waals surface area contributed by atoms with Gasteiger partial charge in [0.2, 0.25) is 11.8 Å². The maximum absolute atomic E-state index is 5.81. The van der Waals surface area contributed by atoms with E-state index < -0.39 is 0 Å². The van der Waals surface area contributed by atoms with Crippen molar-refractivity contribution in [2.45, 2.75) is 34.1 Å². The summed E-state index contributed by atoms with van der Waals surface area (Å²) in [5, 5.41) is 8.33. The van der Waals surface area contributed by atoms with Crippen LogP contribution in [-0.2, 0) is 0 Å². The normalized spacial score (nSPS) is 12.5. The van der Waals surface area contributed by atoms with E-state index in [-0.39, 0.29) is 0 Å². The summed E-state index contributed by atoms with van der Waals surface area (Å²) in [6.45, 7) is 8.44. The van der Waals surface area contributed by atoms with Crippen molar-refractivity contribution >= 4 is 5.57 Å². The fourth-order valence-electron chi connectivity index (χ4n) is 1.90. The van der Waals surface area contributed by atoms with E-state index in [1.54, 1.807) is 0 Å². The SMILES string of the molecule is CC/C=C(\C=C/C(C)C)c1nnc(-c2ccc(C)cc2)o1. The van der Waals surface area contributed by atoms with Gasteiger partial charge in [-0.25, -0.2) is 0 Å². The van der Waals surface area contributed by atoms with Crippen molar-refractivity contribution in [3.63, 3.8) is 0 Å². The first-order chi connectivity index (χ1) is 10.1. The highest BCUT2D eigenvalue weighted by Gasteiger charge is 2.10. The summed E-state index contributed by atoms with van der Waals surface area (Å²) < 4.78 is 5.81. The van der Waals surface area contributed by atoms with Gasteiger partial charge >= 0.3 is 0 Å². The second-order valence-electron chi connectivity index (χ2n) is 5.45. The average Bonchev–Trinajstić information content (AvgIpc) is 2.93. The molecule has 110 valence electrons. The predicted octanol–water partition coefficient (Wildman–Crippen LogP) is 5.05. The number of nitrogens with zero attached hydrogens (tertiary/aromatic N) is 2. The highest BCUT2D eigenvalue weighted by molar-refractivity contribution is 5.69. The number of rotatable bonds is 5. The Morgan fingerprint density at radius 2 is 1.90 bits per heavy atom. The summed E-state index contributed by atoms with van der Waals surface area (Å²) in [6, 6.07) is 8.08. The molecule has 0 spiro atoms. The smallest absolute Gasteiger partial charge is 0.248 e. The first kappa shape index (κ1) is 15.2. The van der Waals surface area contributed by atoms with E-state index in [1.165, 1.54) is 5.56 Å². The molecule has 0 aliphatic rings.